The molecule has 0 aliphatic heterocycles. The minimum atomic E-state index is -3.55. The fourth-order valence-electron chi connectivity index (χ4n) is 1.76. The Morgan fingerprint density at radius 1 is 1.33 bits per heavy atom. The lowest BCUT2D eigenvalue weighted by Crippen LogP contribution is -2.26. The number of hydrogen-bond donors (Lipinski definition) is 2. The van der Waals surface area contributed by atoms with Gasteiger partial charge < -0.3 is 10.5 Å². The zero-order valence-electron chi connectivity index (χ0n) is 11.0. The summed E-state index contributed by atoms with van der Waals surface area (Å²) in [5, 5.41) is 0. The summed E-state index contributed by atoms with van der Waals surface area (Å²) in [5.41, 5.74) is 7.03. The number of hydrogen-bond acceptors (Lipinski definition) is 4. The van der Waals surface area contributed by atoms with Crippen LogP contribution in [-0.4, -0.2) is 28.6 Å². The molecule has 3 N–H and O–H groups in total. The van der Waals surface area contributed by atoms with Gasteiger partial charge in [0, 0.05) is 6.54 Å². The molecule has 0 radical (unpaired) electrons. The normalized spacial score (nSPS) is 11.6. The van der Waals surface area contributed by atoms with Crippen LogP contribution in [0, 0.1) is 13.8 Å². The summed E-state index contributed by atoms with van der Waals surface area (Å²) in [6.07, 6.45) is 0.604. The van der Waals surface area contributed by atoms with Crippen LogP contribution in [0.3, 0.4) is 0 Å². The maximum absolute atomic E-state index is 12.2. The highest BCUT2D eigenvalue weighted by Crippen LogP contribution is 2.28. The molecule has 1 aromatic carbocycles. The standard InChI is InChI=1S/C12H20N2O3S/c1-9-7-10(2)12(17-3)11(8-9)18(15,16)14-6-4-5-13/h7-8,14H,4-6,13H2,1-3H3. The number of ether oxygens (including phenoxy) is 1. The van der Waals surface area contributed by atoms with E-state index in [4.69, 9.17) is 10.5 Å². The number of sulfonamides is 1. The van der Waals surface area contributed by atoms with Crippen molar-refractivity contribution in [3.05, 3.63) is 23.3 Å². The first-order chi connectivity index (χ1) is 8.42. The first-order valence-electron chi connectivity index (χ1n) is 5.77. The van der Waals surface area contributed by atoms with E-state index in [1.165, 1.54) is 7.11 Å². The third-order valence-corrected chi connectivity index (χ3v) is 4.02. The average molecular weight is 272 g/mol. The Morgan fingerprint density at radius 2 is 2.00 bits per heavy atom. The highest BCUT2D eigenvalue weighted by Gasteiger charge is 2.20. The second kappa shape index (κ2) is 6.17. The Balaban J connectivity index is 3.14. The molecule has 0 amide bonds. The van der Waals surface area contributed by atoms with Crippen LogP contribution >= 0.6 is 0 Å². The minimum absolute atomic E-state index is 0.180. The van der Waals surface area contributed by atoms with Crippen molar-refractivity contribution >= 4 is 10.0 Å². The molecule has 0 heterocycles. The molecule has 1 rings (SSSR count). The van der Waals surface area contributed by atoms with Crippen LogP contribution in [0.25, 0.3) is 0 Å². The van der Waals surface area contributed by atoms with Gasteiger partial charge in [-0.3, -0.25) is 0 Å². The smallest absolute Gasteiger partial charge is 0.244 e. The Morgan fingerprint density at radius 3 is 2.56 bits per heavy atom. The van der Waals surface area contributed by atoms with E-state index in [-0.39, 0.29) is 4.90 Å². The van der Waals surface area contributed by atoms with Crippen molar-refractivity contribution in [3.8, 4) is 5.75 Å². The van der Waals surface area contributed by atoms with E-state index in [0.717, 1.165) is 11.1 Å². The van der Waals surface area contributed by atoms with Crippen molar-refractivity contribution in [1.82, 2.24) is 4.72 Å². The van der Waals surface area contributed by atoms with Gasteiger partial charge >= 0.3 is 0 Å². The first-order valence-corrected chi connectivity index (χ1v) is 7.25. The lowest BCUT2D eigenvalue weighted by atomic mass is 10.1. The van der Waals surface area contributed by atoms with Crippen molar-refractivity contribution < 1.29 is 13.2 Å². The molecule has 0 spiro atoms. The minimum Gasteiger partial charge on any atom is -0.495 e. The molecule has 0 fully saturated rings. The van der Waals surface area contributed by atoms with Crippen molar-refractivity contribution in [2.45, 2.75) is 25.2 Å². The van der Waals surface area contributed by atoms with E-state index in [1.54, 1.807) is 6.07 Å². The SMILES string of the molecule is COc1c(C)cc(C)cc1S(=O)(=O)NCCCN. The third kappa shape index (κ3) is 3.44. The number of methoxy groups -OCH3 is 1. The first kappa shape index (κ1) is 14.9. The predicted molar refractivity (Wildman–Crippen MR) is 71.3 cm³/mol. The van der Waals surface area contributed by atoms with Crippen molar-refractivity contribution in [2.24, 2.45) is 5.73 Å². The monoisotopic (exact) mass is 272 g/mol. The van der Waals surface area contributed by atoms with Crippen molar-refractivity contribution in [3.63, 3.8) is 0 Å². The second-order valence-electron chi connectivity index (χ2n) is 4.15. The average Bonchev–Trinajstić information content (AvgIpc) is 2.28. The summed E-state index contributed by atoms with van der Waals surface area (Å²) >= 11 is 0. The molecule has 0 aromatic heterocycles. The molecule has 5 nitrogen and oxygen atoms in total. The Hall–Kier alpha value is -1.11. The fourth-order valence-corrected chi connectivity index (χ4v) is 3.16. The summed E-state index contributed by atoms with van der Waals surface area (Å²) in [4.78, 5) is 0.180. The molecule has 102 valence electrons. The van der Waals surface area contributed by atoms with Gasteiger partial charge in [0.05, 0.1) is 7.11 Å². The van der Waals surface area contributed by atoms with Crippen LogP contribution in [-0.2, 0) is 10.0 Å². The number of benzene rings is 1. The largest absolute Gasteiger partial charge is 0.495 e. The zero-order chi connectivity index (χ0) is 13.8. The quantitative estimate of drug-likeness (QED) is 0.755. The maximum Gasteiger partial charge on any atom is 0.244 e. The number of nitrogens with one attached hydrogen (secondary N) is 1. The molecule has 0 saturated carbocycles. The highest BCUT2D eigenvalue weighted by atomic mass is 32.2. The number of rotatable bonds is 6. The van der Waals surface area contributed by atoms with E-state index in [9.17, 15) is 8.42 Å². The number of aryl methyl sites for hydroxylation is 2. The summed E-state index contributed by atoms with van der Waals surface area (Å²) in [6.45, 7) is 4.46. The molecule has 0 aliphatic carbocycles. The van der Waals surface area contributed by atoms with Gasteiger partial charge in [-0.1, -0.05) is 6.07 Å². The van der Waals surface area contributed by atoms with E-state index in [2.05, 4.69) is 4.72 Å². The Kier molecular flexibility index (Phi) is 5.13. The molecule has 18 heavy (non-hydrogen) atoms. The maximum atomic E-state index is 12.2. The second-order valence-corrected chi connectivity index (χ2v) is 5.89. The zero-order valence-corrected chi connectivity index (χ0v) is 11.8. The molecule has 0 aliphatic rings. The molecule has 0 unspecified atom stereocenters. The van der Waals surface area contributed by atoms with Gasteiger partial charge in [-0.25, -0.2) is 13.1 Å². The topological polar surface area (TPSA) is 81.4 Å². The van der Waals surface area contributed by atoms with Gasteiger partial charge in [-0.15, -0.1) is 0 Å². The van der Waals surface area contributed by atoms with Crippen LogP contribution in [0.1, 0.15) is 17.5 Å². The van der Waals surface area contributed by atoms with E-state index < -0.39 is 10.0 Å². The Bertz CT molecular complexity index is 512. The van der Waals surface area contributed by atoms with Gasteiger partial charge in [-0.2, -0.15) is 0 Å². The number of nitrogens with two attached hydrogens (primary N) is 1. The van der Waals surface area contributed by atoms with Crippen LogP contribution < -0.4 is 15.2 Å². The van der Waals surface area contributed by atoms with Gasteiger partial charge in [0.1, 0.15) is 10.6 Å². The lowest BCUT2D eigenvalue weighted by molar-refractivity contribution is 0.399. The van der Waals surface area contributed by atoms with Crippen LogP contribution in [0.15, 0.2) is 17.0 Å². The van der Waals surface area contributed by atoms with Crippen LogP contribution in [0.4, 0.5) is 0 Å². The van der Waals surface area contributed by atoms with E-state index >= 15 is 0 Å². The van der Waals surface area contributed by atoms with Gasteiger partial charge in [0.2, 0.25) is 10.0 Å². The highest BCUT2D eigenvalue weighted by molar-refractivity contribution is 7.89. The van der Waals surface area contributed by atoms with Gasteiger partial charge in [0.25, 0.3) is 0 Å². The Labute approximate surface area is 108 Å². The lowest BCUT2D eigenvalue weighted by Gasteiger charge is -2.13. The van der Waals surface area contributed by atoms with Crippen LogP contribution in [0.2, 0.25) is 0 Å². The molecular formula is C12H20N2O3S. The molecule has 1 aromatic rings. The molecule has 0 atom stereocenters. The summed E-state index contributed by atoms with van der Waals surface area (Å²) < 4.78 is 32.0. The molecule has 0 saturated heterocycles. The molecule has 6 heteroatoms. The summed E-state index contributed by atoms with van der Waals surface area (Å²) in [6, 6.07) is 3.49. The molecule has 0 bridgehead atoms. The van der Waals surface area contributed by atoms with Gasteiger partial charge in [-0.05, 0) is 44.0 Å². The van der Waals surface area contributed by atoms with Gasteiger partial charge in [0.15, 0.2) is 0 Å². The third-order valence-electron chi connectivity index (χ3n) is 2.55. The van der Waals surface area contributed by atoms with Crippen LogP contribution in [0.5, 0.6) is 5.75 Å². The fraction of sp³-hybridized carbons (Fsp3) is 0.500. The predicted octanol–water partition coefficient (Wildman–Crippen LogP) is 0.939. The summed E-state index contributed by atoms with van der Waals surface area (Å²) in [5.74, 6) is 0.390. The molecular weight excluding hydrogens is 252 g/mol. The van der Waals surface area contributed by atoms with E-state index in [1.807, 2.05) is 19.9 Å². The van der Waals surface area contributed by atoms with E-state index in [0.29, 0.717) is 25.3 Å². The van der Waals surface area contributed by atoms with Crippen molar-refractivity contribution in [1.29, 1.82) is 0 Å². The summed E-state index contributed by atoms with van der Waals surface area (Å²) in [7, 11) is -2.08. The van der Waals surface area contributed by atoms with Crippen molar-refractivity contribution in [2.75, 3.05) is 20.2 Å².